The van der Waals surface area contributed by atoms with E-state index in [9.17, 15) is 4.79 Å². The van der Waals surface area contributed by atoms with Crippen molar-refractivity contribution in [3.8, 4) is 0 Å². The minimum Gasteiger partial charge on any atom is -0.373 e. The van der Waals surface area contributed by atoms with Crippen molar-refractivity contribution >= 4 is 5.91 Å². The summed E-state index contributed by atoms with van der Waals surface area (Å²) < 4.78 is 10.7. The molecule has 1 aromatic heterocycles. The number of amides is 1. The van der Waals surface area contributed by atoms with Crippen molar-refractivity contribution in [2.75, 3.05) is 19.7 Å². The second-order valence-electron chi connectivity index (χ2n) is 4.97. The highest BCUT2D eigenvalue weighted by atomic mass is 16.5. The summed E-state index contributed by atoms with van der Waals surface area (Å²) in [5, 5.41) is 3.66. The van der Waals surface area contributed by atoms with Gasteiger partial charge in [0.05, 0.1) is 18.8 Å². The van der Waals surface area contributed by atoms with Crippen LogP contribution in [0.5, 0.6) is 0 Å². The molecular formula is C11H18N4O3. The number of nitrogens with two attached hydrogens (primary N) is 1. The first-order chi connectivity index (χ1) is 8.50. The number of carbonyl (C=O) groups excluding carboxylic acids is 1. The molecule has 0 unspecified atom stereocenters. The van der Waals surface area contributed by atoms with E-state index in [4.69, 9.17) is 15.1 Å². The fourth-order valence-corrected chi connectivity index (χ4v) is 2.04. The summed E-state index contributed by atoms with van der Waals surface area (Å²) in [7, 11) is 0. The Morgan fingerprint density at radius 3 is 3.11 bits per heavy atom. The third kappa shape index (κ3) is 3.06. The molecule has 0 spiro atoms. The normalized spacial score (nSPS) is 19.7. The average Bonchev–Trinajstić information content (AvgIpc) is 2.75. The summed E-state index contributed by atoms with van der Waals surface area (Å²) in [6, 6.07) is 1.60. The third-order valence-corrected chi connectivity index (χ3v) is 2.81. The van der Waals surface area contributed by atoms with E-state index in [2.05, 4.69) is 10.1 Å². The van der Waals surface area contributed by atoms with Crippen molar-refractivity contribution in [1.29, 1.82) is 0 Å². The molecule has 2 heterocycles. The Morgan fingerprint density at radius 1 is 1.67 bits per heavy atom. The zero-order valence-corrected chi connectivity index (χ0v) is 10.6. The first-order valence-corrected chi connectivity index (χ1v) is 5.83. The maximum Gasteiger partial charge on any atom is 0.287 e. The van der Waals surface area contributed by atoms with Crippen molar-refractivity contribution < 1.29 is 14.1 Å². The fraction of sp³-hybridized carbons (Fsp3) is 0.636. The molecule has 0 radical (unpaired) electrons. The number of ether oxygens (including phenoxy) is 1. The van der Waals surface area contributed by atoms with Crippen LogP contribution in [0, 0.1) is 0 Å². The largest absolute Gasteiger partial charge is 0.373 e. The maximum atomic E-state index is 11.2. The highest BCUT2D eigenvalue weighted by Crippen LogP contribution is 2.18. The van der Waals surface area contributed by atoms with E-state index in [1.165, 1.54) is 0 Å². The molecule has 1 aliphatic rings. The molecule has 1 fully saturated rings. The summed E-state index contributed by atoms with van der Waals surface area (Å²) in [5.74, 6) is 5.22. The summed E-state index contributed by atoms with van der Waals surface area (Å²) in [6.07, 6.45) is 0. The van der Waals surface area contributed by atoms with E-state index in [1.807, 2.05) is 19.3 Å². The molecule has 0 saturated carbocycles. The Labute approximate surface area is 105 Å². The van der Waals surface area contributed by atoms with Gasteiger partial charge >= 0.3 is 0 Å². The molecule has 1 saturated heterocycles. The number of nitrogens with one attached hydrogen (secondary N) is 1. The van der Waals surface area contributed by atoms with Crippen LogP contribution in [0.1, 0.15) is 30.1 Å². The quantitative estimate of drug-likeness (QED) is 0.444. The second kappa shape index (κ2) is 5.05. The molecule has 1 aromatic rings. The van der Waals surface area contributed by atoms with Crippen LogP contribution in [-0.4, -0.2) is 41.3 Å². The average molecular weight is 254 g/mol. The summed E-state index contributed by atoms with van der Waals surface area (Å²) >= 11 is 0. The number of hydrogen-bond donors (Lipinski definition) is 2. The van der Waals surface area contributed by atoms with Gasteiger partial charge in [-0.3, -0.25) is 15.1 Å². The standard InChI is InChI=1S/C11H18N4O3/c1-11(2)7-15(3-4-17-11)6-8-5-9(14-18-8)10(16)13-12/h5H,3-4,6-7,12H2,1-2H3,(H,13,16). The van der Waals surface area contributed by atoms with Crippen LogP contribution in [0.2, 0.25) is 0 Å². The molecular weight excluding hydrogens is 236 g/mol. The Morgan fingerprint density at radius 2 is 2.44 bits per heavy atom. The zero-order chi connectivity index (χ0) is 13.2. The smallest absolute Gasteiger partial charge is 0.287 e. The van der Waals surface area contributed by atoms with E-state index in [0.29, 0.717) is 18.9 Å². The van der Waals surface area contributed by atoms with Gasteiger partial charge in [-0.2, -0.15) is 0 Å². The number of nitrogens with zero attached hydrogens (tertiary/aromatic N) is 2. The number of hydrazine groups is 1. The Balaban J connectivity index is 1.97. The van der Waals surface area contributed by atoms with Crippen LogP contribution in [0.4, 0.5) is 0 Å². The Hall–Kier alpha value is -1.44. The lowest BCUT2D eigenvalue weighted by molar-refractivity contribution is -0.0896. The number of hydrogen-bond acceptors (Lipinski definition) is 6. The van der Waals surface area contributed by atoms with Gasteiger partial charge in [-0.1, -0.05) is 5.16 Å². The predicted octanol–water partition coefficient (Wildman–Crippen LogP) is -0.111. The molecule has 3 N–H and O–H groups in total. The Kier molecular flexibility index (Phi) is 3.65. The molecule has 1 aliphatic heterocycles. The van der Waals surface area contributed by atoms with Crippen LogP contribution in [0.25, 0.3) is 0 Å². The Bertz CT molecular complexity index is 430. The molecule has 18 heavy (non-hydrogen) atoms. The van der Waals surface area contributed by atoms with Crippen molar-refractivity contribution in [2.45, 2.75) is 26.0 Å². The minimum atomic E-state index is -0.452. The van der Waals surface area contributed by atoms with Crippen molar-refractivity contribution in [3.05, 3.63) is 17.5 Å². The van der Waals surface area contributed by atoms with E-state index in [-0.39, 0.29) is 11.3 Å². The SMILES string of the molecule is CC1(C)CN(Cc2cc(C(=O)NN)no2)CCO1. The molecule has 0 aliphatic carbocycles. The van der Waals surface area contributed by atoms with E-state index in [1.54, 1.807) is 6.07 Å². The summed E-state index contributed by atoms with van der Waals surface area (Å²) in [4.78, 5) is 13.4. The van der Waals surface area contributed by atoms with Crippen LogP contribution in [-0.2, 0) is 11.3 Å². The summed E-state index contributed by atoms with van der Waals surface area (Å²) in [6.45, 7) is 7.04. The number of aromatic nitrogens is 1. The van der Waals surface area contributed by atoms with Crippen LogP contribution in [0.3, 0.4) is 0 Å². The molecule has 0 bridgehead atoms. The second-order valence-corrected chi connectivity index (χ2v) is 4.97. The first-order valence-electron chi connectivity index (χ1n) is 5.83. The van der Waals surface area contributed by atoms with Gasteiger partial charge < -0.3 is 9.26 Å². The van der Waals surface area contributed by atoms with Gasteiger partial charge in [-0.05, 0) is 13.8 Å². The topological polar surface area (TPSA) is 93.6 Å². The minimum absolute atomic E-state index is 0.157. The first kappa shape index (κ1) is 13.0. The van der Waals surface area contributed by atoms with E-state index < -0.39 is 5.91 Å². The van der Waals surface area contributed by atoms with Gasteiger partial charge in [0.1, 0.15) is 0 Å². The lowest BCUT2D eigenvalue weighted by Gasteiger charge is -2.37. The van der Waals surface area contributed by atoms with Gasteiger partial charge in [0.25, 0.3) is 5.91 Å². The lowest BCUT2D eigenvalue weighted by atomic mass is 10.1. The maximum absolute atomic E-state index is 11.2. The molecule has 7 nitrogen and oxygen atoms in total. The van der Waals surface area contributed by atoms with Gasteiger partial charge in [0.15, 0.2) is 11.5 Å². The monoisotopic (exact) mass is 254 g/mol. The number of carbonyl (C=O) groups is 1. The van der Waals surface area contributed by atoms with Crippen molar-refractivity contribution in [2.24, 2.45) is 5.84 Å². The van der Waals surface area contributed by atoms with Crippen LogP contribution >= 0.6 is 0 Å². The molecule has 100 valence electrons. The van der Waals surface area contributed by atoms with E-state index in [0.717, 1.165) is 13.1 Å². The van der Waals surface area contributed by atoms with Crippen LogP contribution in [0.15, 0.2) is 10.6 Å². The number of rotatable bonds is 3. The van der Waals surface area contributed by atoms with Gasteiger partial charge in [0, 0.05) is 19.2 Å². The fourth-order valence-electron chi connectivity index (χ4n) is 2.04. The molecule has 7 heteroatoms. The highest BCUT2D eigenvalue weighted by Gasteiger charge is 2.27. The third-order valence-electron chi connectivity index (χ3n) is 2.81. The number of nitrogen functional groups attached to an aromatic ring is 1. The highest BCUT2D eigenvalue weighted by molar-refractivity contribution is 5.91. The van der Waals surface area contributed by atoms with Gasteiger partial charge in [-0.15, -0.1) is 0 Å². The molecule has 1 amide bonds. The van der Waals surface area contributed by atoms with Gasteiger partial charge in [-0.25, -0.2) is 5.84 Å². The van der Waals surface area contributed by atoms with Crippen molar-refractivity contribution in [3.63, 3.8) is 0 Å². The molecule has 2 rings (SSSR count). The summed E-state index contributed by atoms with van der Waals surface area (Å²) in [5.41, 5.74) is 2.05. The zero-order valence-electron chi connectivity index (χ0n) is 10.6. The number of morpholine rings is 1. The predicted molar refractivity (Wildman–Crippen MR) is 63.5 cm³/mol. The van der Waals surface area contributed by atoms with Crippen molar-refractivity contribution in [1.82, 2.24) is 15.5 Å². The lowest BCUT2D eigenvalue weighted by Crippen LogP contribution is -2.47. The van der Waals surface area contributed by atoms with Gasteiger partial charge in [0.2, 0.25) is 0 Å². The van der Waals surface area contributed by atoms with Crippen LogP contribution < -0.4 is 11.3 Å². The van der Waals surface area contributed by atoms with E-state index >= 15 is 0 Å². The molecule has 0 aromatic carbocycles. The molecule has 0 atom stereocenters.